The lowest BCUT2D eigenvalue weighted by atomic mass is 9.92. The highest BCUT2D eigenvalue weighted by atomic mass is 16.5. The maximum atomic E-state index is 6.13. The molecule has 0 saturated carbocycles. The lowest BCUT2D eigenvalue weighted by Crippen LogP contribution is -2.54. The number of rotatable bonds is 1. The normalized spacial score (nSPS) is 21.4. The maximum Gasteiger partial charge on any atom is 0.140 e. The van der Waals surface area contributed by atoms with E-state index in [0.29, 0.717) is 0 Å². The molecule has 22 heavy (non-hydrogen) atoms. The minimum absolute atomic E-state index is 0.0718. The molecule has 2 aromatic rings. The third-order valence-corrected chi connectivity index (χ3v) is 4.72. The molecule has 2 fully saturated rings. The van der Waals surface area contributed by atoms with E-state index in [9.17, 15) is 0 Å². The van der Waals surface area contributed by atoms with Crippen molar-refractivity contribution in [2.24, 2.45) is 0 Å². The minimum Gasteiger partial charge on any atom is -0.381 e. The third-order valence-electron chi connectivity index (χ3n) is 4.72. The Balaban J connectivity index is 1.70. The first-order chi connectivity index (χ1) is 10.8. The molecular weight excluding hydrogens is 278 g/mol. The van der Waals surface area contributed by atoms with E-state index in [-0.39, 0.29) is 5.60 Å². The fourth-order valence-corrected chi connectivity index (χ4v) is 3.48. The van der Waals surface area contributed by atoms with E-state index >= 15 is 0 Å². The molecule has 1 aromatic heterocycles. The molecule has 2 saturated heterocycles. The van der Waals surface area contributed by atoms with Gasteiger partial charge in [0.2, 0.25) is 0 Å². The van der Waals surface area contributed by atoms with Gasteiger partial charge in [0, 0.05) is 44.5 Å². The van der Waals surface area contributed by atoms with Crippen LogP contribution in [0.1, 0.15) is 18.4 Å². The number of hydrogen-bond acceptors (Lipinski definition) is 5. The zero-order valence-corrected chi connectivity index (χ0v) is 12.9. The van der Waals surface area contributed by atoms with Crippen LogP contribution in [-0.4, -0.2) is 48.5 Å². The van der Waals surface area contributed by atoms with Gasteiger partial charge in [-0.15, -0.1) is 0 Å². The van der Waals surface area contributed by atoms with E-state index in [1.54, 1.807) is 6.33 Å². The summed E-state index contributed by atoms with van der Waals surface area (Å²) in [5.41, 5.74) is 2.16. The van der Waals surface area contributed by atoms with Gasteiger partial charge in [0.1, 0.15) is 12.1 Å². The molecule has 116 valence electrons. The summed E-state index contributed by atoms with van der Waals surface area (Å²) in [5, 5.41) is 1.13. The minimum atomic E-state index is -0.0718. The average molecular weight is 299 g/mol. The number of nitrogens with zero attached hydrogens (tertiary/aromatic N) is 3. The van der Waals surface area contributed by atoms with Crippen LogP contribution in [0.3, 0.4) is 0 Å². The number of fused-ring (bicyclic) bond motifs is 1. The van der Waals surface area contributed by atoms with Gasteiger partial charge < -0.3 is 14.4 Å². The molecule has 5 heteroatoms. The number of hydrogen-bond donors (Lipinski definition) is 0. The molecule has 0 atom stereocenters. The molecule has 2 aliphatic rings. The molecular formula is C17H21N3O2. The van der Waals surface area contributed by atoms with Crippen LogP contribution in [0.25, 0.3) is 10.9 Å². The Kier molecular flexibility index (Phi) is 3.47. The van der Waals surface area contributed by atoms with E-state index in [1.165, 1.54) is 5.56 Å². The van der Waals surface area contributed by atoms with Crippen LogP contribution in [0, 0.1) is 6.92 Å². The Morgan fingerprint density at radius 2 is 2.00 bits per heavy atom. The largest absolute Gasteiger partial charge is 0.381 e. The van der Waals surface area contributed by atoms with Gasteiger partial charge in [0.05, 0.1) is 17.7 Å². The molecule has 0 radical (unpaired) electrons. The molecule has 0 amide bonds. The highest BCUT2D eigenvalue weighted by Gasteiger charge is 2.39. The Morgan fingerprint density at radius 3 is 2.86 bits per heavy atom. The molecule has 1 spiro atoms. The summed E-state index contributed by atoms with van der Waals surface area (Å²) in [6, 6.07) is 6.34. The monoisotopic (exact) mass is 299 g/mol. The van der Waals surface area contributed by atoms with Crippen molar-refractivity contribution in [2.45, 2.75) is 25.4 Å². The summed E-state index contributed by atoms with van der Waals surface area (Å²) >= 11 is 0. The van der Waals surface area contributed by atoms with E-state index in [2.05, 4.69) is 40.0 Å². The number of aromatic nitrogens is 2. The van der Waals surface area contributed by atoms with Gasteiger partial charge >= 0.3 is 0 Å². The van der Waals surface area contributed by atoms with Gasteiger partial charge in [-0.1, -0.05) is 11.6 Å². The Labute approximate surface area is 130 Å². The van der Waals surface area contributed by atoms with Crippen LogP contribution < -0.4 is 4.90 Å². The fourth-order valence-electron chi connectivity index (χ4n) is 3.48. The first-order valence-electron chi connectivity index (χ1n) is 7.94. The summed E-state index contributed by atoms with van der Waals surface area (Å²) in [7, 11) is 0. The average Bonchev–Trinajstić information content (AvgIpc) is 2.55. The van der Waals surface area contributed by atoms with Gasteiger partial charge in [-0.2, -0.15) is 0 Å². The van der Waals surface area contributed by atoms with Gasteiger partial charge in [0.15, 0.2) is 0 Å². The van der Waals surface area contributed by atoms with Crippen molar-refractivity contribution < 1.29 is 9.47 Å². The van der Waals surface area contributed by atoms with Gasteiger partial charge in [-0.25, -0.2) is 9.97 Å². The second-order valence-electron chi connectivity index (χ2n) is 6.28. The fraction of sp³-hybridized carbons (Fsp3) is 0.529. The zero-order valence-electron chi connectivity index (χ0n) is 12.9. The van der Waals surface area contributed by atoms with Gasteiger partial charge in [-0.3, -0.25) is 0 Å². The molecule has 2 aliphatic heterocycles. The van der Waals surface area contributed by atoms with Gasteiger partial charge in [0.25, 0.3) is 0 Å². The molecule has 1 aromatic carbocycles. The van der Waals surface area contributed by atoms with E-state index < -0.39 is 0 Å². The number of morpholine rings is 1. The van der Waals surface area contributed by atoms with Crippen molar-refractivity contribution in [1.82, 2.24) is 9.97 Å². The summed E-state index contributed by atoms with van der Waals surface area (Å²) < 4.78 is 11.6. The topological polar surface area (TPSA) is 47.5 Å². The number of anilines is 1. The van der Waals surface area contributed by atoms with E-state index in [1.807, 2.05) is 0 Å². The Morgan fingerprint density at radius 1 is 1.14 bits per heavy atom. The number of benzene rings is 1. The van der Waals surface area contributed by atoms with Crippen molar-refractivity contribution in [3.63, 3.8) is 0 Å². The molecule has 0 aliphatic carbocycles. The predicted molar refractivity (Wildman–Crippen MR) is 85.2 cm³/mol. The molecule has 0 unspecified atom stereocenters. The SMILES string of the molecule is Cc1ccc2ncnc(N3CCOC4(CCOCC4)C3)c2c1. The van der Waals surface area contributed by atoms with Crippen molar-refractivity contribution in [3.05, 3.63) is 30.1 Å². The first kappa shape index (κ1) is 13.9. The molecule has 5 nitrogen and oxygen atoms in total. The van der Waals surface area contributed by atoms with Gasteiger partial charge in [-0.05, 0) is 19.1 Å². The number of ether oxygens (including phenoxy) is 2. The highest BCUT2D eigenvalue weighted by molar-refractivity contribution is 5.89. The van der Waals surface area contributed by atoms with Crippen LogP contribution in [-0.2, 0) is 9.47 Å². The Bertz CT molecular complexity index is 677. The summed E-state index contributed by atoms with van der Waals surface area (Å²) in [4.78, 5) is 11.3. The molecule has 4 rings (SSSR count). The quantitative estimate of drug-likeness (QED) is 0.809. The number of aryl methyl sites for hydroxylation is 1. The highest BCUT2D eigenvalue weighted by Crippen LogP contribution is 2.33. The summed E-state index contributed by atoms with van der Waals surface area (Å²) in [6.07, 6.45) is 3.59. The standard InChI is InChI=1S/C17H21N3O2/c1-13-2-3-15-14(10-13)16(19-12-18-15)20-6-9-22-17(11-20)4-7-21-8-5-17/h2-3,10,12H,4-9,11H2,1H3. The van der Waals surface area contributed by atoms with E-state index in [0.717, 1.165) is 62.5 Å². The molecule has 0 bridgehead atoms. The predicted octanol–water partition coefficient (Wildman–Crippen LogP) is 2.32. The third kappa shape index (κ3) is 2.44. The molecule has 0 N–H and O–H groups in total. The summed E-state index contributed by atoms with van der Waals surface area (Å²) in [5.74, 6) is 1.03. The lowest BCUT2D eigenvalue weighted by Gasteiger charge is -2.45. The smallest absolute Gasteiger partial charge is 0.140 e. The van der Waals surface area contributed by atoms with E-state index in [4.69, 9.17) is 9.47 Å². The first-order valence-corrected chi connectivity index (χ1v) is 7.94. The van der Waals surface area contributed by atoms with Crippen LogP contribution in [0.4, 0.5) is 5.82 Å². The van der Waals surface area contributed by atoms with Crippen LogP contribution in [0.5, 0.6) is 0 Å². The van der Waals surface area contributed by atoms with Crippen molar-refractivity contribution >= 4 is 16.7 Å². The van der Waals surface area contributed by atoms with Crippen molar-refractivity contribution in [1.29, 1.82) is 0 Å². The van der Waals surface area contributed by atoms with Crippen molar-refractivity contribution in [3.8, 4) is 0 Å². The van der Waals surface area contributed by atoms with Crippen LogP contribution in [0.15, 0.2) is 24.5 Å². The van der Waals surface area contributed by atoms with Crippen LogP contribution in [0.2, 0.25) is 0 Å². The maximum absolute atomic E-state index is 6.13. The zero-order chi connectivity index (χ0) is 15.0. The molecule has 3 heterocycles. The van der Waals surface area contributed by atoms with Crippen LogP contribution >= 0.6 is 0 Å². The Hall–Kier alpha value is -1.72. The lowest BCUT2D eigenvalue weighted by molar-refractivity contribution is -0.116. The second-order valence-corrected chi connectivity index (χ2v) is 6.28. The summed E-state index contributed by atoms with van der Waals surface area (Å²) in [6.45, 7) is 6.20. The second kappa shape index (κ2) is 5.48. The van der Waals surface area contributed by atoms with Crippen molar-refractivity contribution in [2.75, 3.05) is 37.8 Å².